The van der Waals surface area contributed by atoms with Crippen LogP contribution in [0.1, 0.15) is 28.8 Å². The molecule has 5 heteroatoms. The Morgan fingerprint density at radius 3 is 2.65 bits per heavy atom. The second kappa shape index (κ2) is 3.92. The Bertz CT molecular complexity index is 467. The predicted octanol–water partition coefficient (Wildman–Crippen LogP) is 1.21. The van der Waals surface area contributed by atoms with Crippen molar-refractivity contribution in [2.75, 3.05) is 17.7 Å². The van der Waals surface area contributed by atoms with E-state index < -0.39 is 5.97 Å². The third-order valence-electron chi connectivity index (χ3n) is 3.18. The second-order valence-corrected chi connectivity index (χ2v) is 4.62. The predicted molar refractivity (Wildman–Crippen MR) is 65.2 cm³/mol. The van der Waals surface area contributed by atoms with E-state index in [-0.39, 0.29) is 23.4 Å². The maximum atomic E-state index is 11.0. The average Bonchev–Trinajstić information content (AvgIpc) is 3.03. The summed E-state index contributed by atoms with van der Waals surface area (Å²) in [6, 6.07) is 3.32. The number of carboxylic acids is 1. The van der Waals surface area contributed by atoms with E-state index in [4.69, 9.17) is 10.8 Å². The van der Waals surface area contributed by atoms with Gasteiger partial charge in [-0.3, -0.25) is 0 Å². The molecule has 17 heavy (non-hydrogen) atoms. The van der Waals surface area contributed by atoms with Crippen molar-refractivity contribution >= 4 is 17.3 Å². The zero-order valence-electron chi connectivity index (χ0n) is 9.66. The highest BCUT2D eigenvalue weighted by Crippen LogP contribution is 2.39. The lowest BCUT2D eigenvalue weighted by atomic mass is 10.1. The fourth-order valence-electron chi connectivity index (χ4n) is 1.83. The molecule has 0 unspecified atom stereocenters. The molecule has 0 saturated heterocycles. The first-order valence-electron chi connectivity index (χ1n) is 5.50. The molecular formula is C12H16N2O3. The van der Waals surface area contributed by atoms with Crippen LogP contribution in [-0.4, -0.2) is 28.3 Å². The molecule has 1 aromatic carbocycles. The SMILES string of the molecule is Cc1cc(NC2(CO)CC2)cc(C(=O)O)c1N. The number of nitrogen functional groups attached to an aromatic ring is 1. The van der Waals surface area contributed by atoms with E-state index in [1.807, 2.05) is 0 Å². The van der Waals surface area contributed by atoms with Crippen molar-refractivity contribution in [2.24, 2.45) is 0 Å². The number of nitrogens with two attached hydrogens (primary N) is 1. The topological polar surface area (TPSA) is 95.6 Å². The number of rotatable bonds is 4. The van der Waals surface area contributed by atoms with Crippen LogP contribution in [-0.2, 0) is 0 Å². The van der Waals surface area contributed by atoms with E-state index in [0.717, 1.165) is 18.4 Å². The summed E-state index contributed by atoms with van der Waals surface area (Å²) < 4.78 is 0. The number of nitrogens with one attached hydrogen (secondary N) is 1. The normalized spacial score (nSPS) is 16.6. The molecule has 1 fully saturated rings. The summed E-state index contributed by atoms with van der Waals surface area (Å²) in [6.07, 6.45) is 1.80. The molecule has 0 spiro atoms. The number of carboxylic acid groups (broad SMARTS) is 1. The molecule has 0 amide bonds. The van der Waals surface area contributed by atoms with Gasteiger partial charge < -0.3 is 21.3 Å². The van der Waals surface area contributed by atoms with Gasteiger partial charge in [0.1, 0.15) is 0 Å². The Balaban J connectivity index is 2.33. The highest BCUT2D eigenvalue weighted by atomic mass is 16.4. The lowest BCUT2D eigenvalue weighted by Gasteiger charge is -2.17. The summed E-state index contributed by atoms with van der Waals surface area (Å²) in [5, 5.41) is 21.4. The molecule has 0 aromatic heterocycles. The Morgan fingerprint density at radius 2 is 2.18 bits per heavy atom. The molecule has 0 radical (unpaired) electrons. The molecule has 5 N–H and O–H groups in total. The lowest BCUT2D eigenvalue weighted by Crippen LogP contribution is -2.25. The zero-order valence-corrected chi connectivity index (χ0v) is 9.66. The van der Waals surface area contributed by atoms with Gasteiger partial charge in [-0.15, -0.1) is 0 Å². The fourth-order valence-corrected chi connectivity index (χ4v) is 1.83. The summed E-state index contributed by atoms with van der Waals surface area (Å²) in [7, 11) is 0. The van der Waals surface area contributed by atoms with E-state index in [0.29, 0.717) is 5.69 Å². The number of aliphatic hydroxyl groups is 1. The Kier molecular flexibility index (Phi) is 2.71. The third kappa shape index (κ3) is 2.19. The third-order valence-corrected chi connectivity index (χ3v) is 3.18. The number of hydrogen-bond acceptors (Lipinski definition) is 4. The average molecular weight is 236 g/mol. The summed E-state index contributed by atoms with van der Waals surface area (Å²) in [6.45, 7) is 1.82. The van der Waals surface area contributed by atoms with Gasteiger partial charge in [-0.05, 0) is 37.5 Å². The maximum Gasteiger partial charge on any atom is 0.337 e. The minimum Gasteiger partial charge on any atom is -0.478 e. The molecule has 0 heterocycles. The maximum absolute atomic E-state index is 11.0. The molecule has 5 nitrogen and oxygen atoms in total. The van der Waals surface area contributed by atoms with Gasteiger partial charge >= 0.3 is 5.97 Å². The van der Waals surface area contributed by atoms with Crippen molar-refractivity contribution in [2.45, 2.75) is 25.3 Å². The quantitative estimate of drug-likeness (QED) is 0.589. The van der Waals surface area contributed by atoms with Crippen LogP contribution < -0.4 is 11.1 Å². The van der Waals surface area contributed by atoms with Gasteiger partial charge in [0.05, 0.1) is 17.7 Å². The number of carbonyl (C=O) groups is 1. The Morgan fingerprint density at radius 1 is 1.53 bits per heavy atom. The van der Waals surface area contributed by atoms with Crippen LogP contribution in [0.25, 0.3) is 0 Å². The molecule has 2 rings (SSSR count). The monoisotopic (exact) mass is 236 g/mol. The van der Waals surface area contributed by atoms with Crippen LogP contribution in [0.2, 0.25) is 0 Å². The van der Waals surface area contributed by atoms with Crippen LogP contribution >= 0.6 is 0 Å². The summed E-state index contributed by atoms with van der Waals surface area (Å²) in [5.74, 6) is -1.04. The zero-order chi connectivity index (χ0) is 12.6. The molecule has 0 bridgehead atoms. The highest BCUT2D eigenvalue weighted by molar-refractivity contribution is 5.95. The van der Waals surface area contributed by atoms with E-state index >= 15 is 0 Å². The van der Waals surface area contributed by atoms with Crippen molar-refractivity contribution in [1.29, 1.82) is 0 Å². The number of aryl methyl sites for hydroxylation is 1. The minimum absolute atomic E-state index is 0.0544. The smallest absolute Gasteiger partial charge is 0.337 e. The molecule has 92 valence electrons. The Hall–Kier alpha value is -1.75. The van der Waals surface area contributed by atoms with Crippen LogP contribution in [0.3, 0.4) is 0 Å². The van der Waals surface area contributed by atoms with Crippen LogP contribution in [0.4, 0.5) is 11.4 Å². The summed E-state index contributed by atoms with van der Waals surface area (Å²) >= 11 is 0. The lowest BCUT2D eigenvalue weighted by molar-refractivity contribution is 0.0698. The molecule has 0 atom stereocenters. The second-order valence-electron chi connectivity index (χ2n) is 4.62. The van der Waals surface area contributed by atoms with Crippen LogP contribution in [0.15, 0.2) is 12.1 Å². The minimum atomic E-state index is -1.04. The van der Waals surface area contributed by atoms with Crippen molar-refractivity contribution in [1.82, 2.24) is 0 Å². The summed E-state index contributed by atoms with van der Waals surface area (Å²) in [4.78, 5) is 11.0. The van der Waals surface area contributed by atoms with Gasteiger partial charge in [-0.25, -0.2) is 4.79 Å². The molecule has 0 aliphatic heterocycles. The first-order valence-corrected chi connectivity index (χ1v) is 5.50. The van der Waals surface area contributed by atoms with Crippen molar-refractivity contribution in [3.8, 4) is 0 Å². The first-order chi connectivity index (χ1) is 7.97. The molecule has 1 aliphatic carbocycles. The van der Waals surface area contributed by atoms with Gasteiger partial charge in [0.2, 0.25) is 0 Å². The van der Waals surface area contributed by atoms with Crippen molar-refractivity contribution in [3.63, 3.8) is 0 Å². The van der Waals surface area contributed by atoms with E-state index in [1.165, 1.54) is 6.07 Å². The van der Waals surface area contributed by atoms with E-state index in [1.54, 1.807) is 13.0 Å². The first kappa shape index (κ1) is 11.7. The molecule has 1 aliphatic rings. The molecule has 1 aromatic rings. The molecule has 1 saturated carbocycles. The van der Waals surface area contributed by atoms with Gasteiger partial charge in [0, 0.05) is 11.4 Å². The van der Waals surface area contributed by atoms with Gasteiger partial charge in [-0.2, -0.15) is 0 Å². The highest BCUT2D eigenvalue weighted by Gasteiger charge is 2.42. The number of anilines is 2. The Labute approximate surface area is 99.3 Å². The van der Waals surface area contributed by atoms with Crippen LogP contribution in [0.5, 0.6) is 0 Å². The largest absolute Gasteiger partial charge is 0.478 e. The van der Waals surface area contributed by atoms with Gasteiger partial charge in [0.25, 0.3) is 0 Å². The van der Waals surface area contributed by atoms with Gasteiger partial charge in [-0.1, -0.05) is 0 Å². The van der Waals surface area contributed by atoms with E-state index in [9.17, 15) is 9.90 Å². The van der Waals surface area contributed by atoms with Crippen molar-refractivity contribution in [3.05, 3.63) is 23.3 Å². The standard InChI is InChI=1S/C12H16N2O3/c1-7-4-8(14-12(6-15)2-3-12)5-9(10(7)13)11(16)17/h4-5,14-15H,2-3,6,13H2,1H3,(H,16,17). The fraction of sp³-hybridized carbons (Fsp3) is 0.417. The number of hydrogen-bond donors (Lipinski definition) is 4. The number of aliphatic hydroxyl groups excluding tert-OH is 1. The van der Waals surface area contributed by atoms with Gasteiger partial charge in [0.15, 0.2) is 0 Å². The van der Waals surface area contributed by atoms with E-state index in [2.05, 4.69) is 5.32 Å². The number of aromatic carboxylic acids is 1. The van der Waals surface area contributed by atoms with Crippen LogP contribution in [0, 0.1) is 6.92 Å². The number of benzene rings is 1. The molecular weight excluding hydrogens is 220 g/mol. The summed E-state index contributed by atoms with van der Waals surface area (Å²) in [5.41, 5.74) is 7.25. The van der Waals surface area contributed by atoms with Crippen molar-refractivity contribution < 1.29 is 15.0 Å².